The molecule has 0 spiro atoms. The molecule has 2 heterocycles. The lowest BCUT2D eigenvalue weighted by molar-refractivity contribution is 0.0866. The molecule has 5 nitrogen and oxygen atoms in total. The van der Waals surface area contributed by atoms with E-state index in [9.17, 15) is 0 Å². The zero-order chi connectivity index (χ0) is 15.5. The molecule has 0 saturated carbocycles. The van der Waals surface area contributed by atoms with Crippen molar-refractivity contribution in [2.24, 2.45) is 7.05 Å². The molecule has 2 aromatic rings. The van der Waals surface area contributed by atoms with E-state index in [-0.39, 0.29) is 0 Å². The van der Waals surface area contributed by atoms with Crippen LogP contribution in [0, 0.1) is 0 Å². The zero-order valence-corrected chi connectivity index (χ0v) is 13.6. The van der Waals surface area contributed by atoms with Crippen LogP contribution < -0.4 is 4.74 Å². The summed E-state index contributed by atoms with van der Waals surface area (Å²) < 4.78 is 7.64. The number of likely N-dealkylation sites (N-methyl/N-ethyl adjacent to an activating group) is 1. The predicted molar refractivity (Wildman–Crippen MR) is 86.9 cm³/mol. The van der Waals surface area contributed by atoms with Gasteiger partial charge < -0.3 is 9.30 Å². The standard InChI is InChI=1S/C17H24N4O/c1-19-10-11-21(13-17-18-8-9-20(17)2)12-15(19)14-6-4-5-7-16(14)22-3/h4-9,15H,10-13H2,1-3H3. The van der Waals surface area contributed by atoms with Crippen molar-refractivity contribution in [3.63, 3.8) is 0 Å². The first-order valence-electron chi connectivity index (χ1n) is 7.70. The molecule has 0 aliphatic carbocycles. The summed E-state index contributed by atoms with van der Waals surface area (Å²) in [6, 6.07) is 8.68. The third kappa shape index (κ3) is 3.00. The molecule has 1 aliphatic heterocycles. The lowest BCUT2D eigenvalue weighted by Crippen LogP contribution is -2.46. The van der Waals surface area contributed by atoms with Gasteiger partial charge in [-0.05, 0) is 13.1 Å². The Labute approximate surface area is 132 Å². The van der Waals surface area contributed by atoms with E-state index < -0.39 is 0 Å². The van der Waals surface area contributed by atoms with Gasteiger partial charge in [0.15, 0.2) is 0 Å². The molecule has 1 aromatic carbocycles. The third-order valence-corrected chi connectivity index (χ3v) is 4.52. The molecule has 3 rings (SSSR count). The number of hydrogen-bond acceptors (Lipinski definition) is 4. The average molecular weight is 300 g/mol. The molecule has 1 unspecified atom stereocenters. The molecule has 1 fully saturated rings. The molecule has 1 aliphatic rings. The topological polar surface area (TPSA) is 33.5 Å². The van der Waals surface area contributed by atoms with Crippen molar-refractivity contribution in [3.8, 4) is 5.75 Å². The number of methoxy groups -OCH3 is 1. The van der Waals surface area contributed by atoms with Crippen LogP contribution in [0.3, 0.4) is 0 Å². The molecule has 0 radical (unpaired) electrons. The van der Waals surface area contributed by atoms with Crippen LogP contribution in [0.15, 0.2) is 36.7 Å². The molecular weight excluding hydrogens is 276 g/mol. The van der Waals surface area contributed by atoms with Gasteiger partial charge >= 0.3 is 0 Å². The summed E-state index contributed by atoms with van der Waals surface area (Å²) in [5.41, 5.74) is 1.26. The SMILES string of the molecule is COc1ccccc1C1CN(Cc2nccn2C)CCN1C. The molecule has 1 atom stereocenters. The Morgan fingerprint density at radius 2 is 2.05 bits per heavy atom. The minimum atomic E-state index is 0.352. The Balaban J connectivity index is 1.77. The lowest BCUT2D eigenvalue weighted by atomic mass is 10.0. The van der Waals surface area contributed by atoms with Crippen molar-refractivity contribution in [3.05, 3.63) is 48.0 Å². The van der Waals surface area contributed by atoms with Gasteiger partial charge in [-0.1, -0.05) is 18.2 Å². The summed E-state index contributed by atoms with van der Waals surface area (Å²) in [6.07, 6.45) is 3.87. The van der Waals surface area contributed by atoms with Gasteiger partial charge in [-0.25, -0.2) is 4.98 Å². The van der Waals surface area contributed by atoms with Crippen molar-refractivity contribution in [1.82, 2.24) is 19.4 Å². The van der Waals surface area contributed by atoms with Crippen LogP contribution in [-0.4, -0.2) is 53.1 Å². The van der Waals surface area contributed by atoms with Crippen LogP contribution >= 0.6 is 0 Å². The van der Waals surface area contributed by atoms with E-state index in [1.165, 1.54) is 5.56 Å². The monoisotopic (exact) mass is 300 g/mol. The van der Waals surface area contributed by atoms with Crippen molar-refractivity contribution in [2.45, 2.75) is 12.6 Å². The first-order valence-corrected chi connectivity index (χ1v) is 7.70. The molecule has 0 amide bonds. The number of piperazine rings is 1. The van der Waals surface area contributed by atoms with Gasteiger partial charge in [0, 0.05) is 44.6 Å². The number of nitrogens with zero attached hydrogens (tertiary/aromatic N) is 4. The Bertz CT molecular complexity index is 625. The van der Waals surface area contributed by atoms with Gasteiger partial charge in [-0.2, -0.15) is 0 Å². The second kappa shape index (κ2) is 6.50. The predicted octanol–water partition coefficient (Wildman–Crippen LogP) is 1.92. The molecule has 0 N–H and O–H groups in total. The minimum Gasteiger partial charge on any atom is -0.496 e. The van der Waals surface area contributed by atoms with Gasteiger partial charge in [0.05, 0.1) is 19.7 Å². The summed E-state index contributed by atoms with van der Waals surface area (Å²) in [4.78, 5) is 9.32. The van der Waals surface area contributed by atoms with Crippen molar-refractivity contribution >= 4 is 0 Å². The van der Waals surface area contributed by atoms with Gasteiger partial charge in [0.25, 0.3) is 0 Å². The van der Waals surface area contributed by atoms with Crippen LogP contribution in [-0.2, 0) is 13.6 Å². The molecule has 22 heavy (non-hydrogen) atoms. The first kappa shape index (κ1) is 15.1. The first-order chi connectivity index (χ1) is 10.7. The number of aromatic nitrogens is 2. The summed E-state index contributed by atoms with van der Waals surface area (Å²) in [6.45, 7) is 3.99. The Morgan fingerprint density at radius 1 is 1.23 bits per heavy atom. The highest BCUT2D eigenvalue weighted by Crippen LogP contribution is 2.31. The zero-order valence-electron chi connectivity index (χ0n) is 13.6. The Kier molecular flexibility index (Phi) is 4.45. The highest BCUT2D eigenvalue weighted by molar-refractivity contribution is 5.36. The third-order valence-electron chi connectivity index (χ3n) is 4.52. The summed E-state index contributed by atoms with van der Waals surface area (Å²) in [7, 11) is 5.98. The van der Waals surface area contributed by atoms with E-state index >= 15 is 0 Å². The van der Waals surface area contributed by atoms with Gasteiger partial charge in [-0.15, -0.1) is 0 Å². The fraction of sp³-hybridized carbons (Fsp3) is 0.471. The van der Waals surface area contributed by atoms with Gasteiger partial charge in [-0.3, -0.25) is 9.80 Å². The Hall–Kier alpha value is -1.85. The average Bonchev–Trinajstić information content (AvgIpc) is 2.94. The molecule has 1 saturated heterocycles. The van der Waals surface area contributed by atoms with Gasteiger partial charge in [0.2, 0.25) is 0 Å². The quantitative estimate of drug-likeness (QED) is 0.864. The van der Waals surface area contributed by atoms with E-state index in [1.807, 2.05) is 24.5 Å². The highest BCUT2D eigenvalue weighted by Gasteiger charge is 2.28. The number of rotatable bonds is 4. The summed E-state index contributed by atoms with van der Waals surface area (Å²) >= 11 is 0. The lowest BCUT2D eigenvalue weighted by Gasteiger charge is -2.40. The highest BCUT2D eigenvalue weighted by atomic mass is 16.5. The Morgan fingerprint density at radius 3 is 2.77 bits per heavy atom. The van der Waals surface area contributed by atoms with E-state index in [1.54, 1.807) is 7.11 Å². The molecule has 5 heteroatoms. The fourth-order valence-electron chi connectivity index (χ4n) is 3.10. The van der Waals surface area contributed by atoms with E-state index in [4.69, 9.17) is 4.74 Å². The molecule has 1 aromatic heterocycles. The van der Waals surface area contributed by atoms with Crippen LogP contribution in [0.5, 0.6) is 5.75 Å². The molecule has 118 valence electrons. The van der Waals surface area contributed by atoms with Crippen LogP contribution in [0.2, 0.25) is 0 Å². The van der Waals surface area contributed by atoms with Gasteiger partial charge in [0.1, 0.15) is 11.6 Å². The number of aryl methyl sites for hydroxylation is 1. The van der Waals surface area contributed by atoms with Crippen LogP contribution in [0.25, 0.3) is 0 Å². The van der Waals surface area contributed by atoms with E-state index in [0.29, 0.717) is 6.04 Å². The molecular formula is C17H24N4O. The van der Waals surface area contributed by atoms with Crippen LogP contribution in [0.4, 0.5) is 0 Å². The number of para-hydroxylation sites is 1. The smallest absolute Gasteiger partial charge is 0.123 e. The van der Waals surface area contributed by atoms with Crippen molar-refractivity contribution in [1.29, 1.82) is 0 Å². The summed E-state index contributed by atoms with van der Waals surface area (Å²) in [5.74, 6) is 2.08. The maximum Gasteiger partial charge on any atom is 0.123 e. The fourth-order valence-corrected chi connectivity index (χ4v) is 3.10. The van der Waals surface area contributed by atoms with E-state index in [2.05, 4.69) is 45.6 Å². The van der Waals surface area contributed by atoms with Crippen molar-refractivity contribution in [2.75, 3.05) is 33.8 Å². The number of ether oxygens (including phenoxy) is 1. The maximum absolute atomic E-state index is 5.55. The number of hydrogen-bond donors (Lipinski definition) is 0. The summed E-state index contributed by atoms with van der Waals surface area (Å²) in [5, 5.41) is 0. The number of benzene rings is 1. The second-order valence-corrected chi connectivity index (χ2v) is 5.93. The van der Waals surface area contributed by atoms with E-state index in [0.717, 1.165) is 37.8 Å². The maximum atomic E-state index is 5.55. The molecule has 0 bridgehead atoms. The minimum absolute atomic E-state index is 0.352. The van der Waals surface area contributed by atoms with Crippen LogP contribution in [0.1, 0.15) is 17.4 Å². The second-order valence-electron chi connectivity index (χ2n) is 5.93. The number of imidazole rings is 1. The van der Waals surface area contributed by atoms with Crippen molar-refractivity contribution < 1.29 is 4.74 Å². The largest absolute Gasteiger partial charge is 0.496 e. The normalized spacial score (nSPS) is 20.2.